The van der Waals surface area contributed by atoms with Crippen LogP contribution in [0.3, 0.4) is 0 Å². The molecule has 0 radical (unpaired) electrons. The summed E-state index contributed by atoms with van der Waals surface area (Å²) in [6.45, 7) is 4.83. The van der Waals surface area contributed by atoms with Gasteiger partial charge in [-0.2, -0.15) is 0 Å². The molecule has 3 rings (SSSR count). The van der Waals surface area contributed by atoms with E-state index in [1.54, 1.807) is 0 Å². The van der Waals surface area contributed by atoms with Crippen molar-refractivity contribution < 1.29 is 0 Å². The van der Waals surface area contributed by atoms with Gasteiger partial charge in [0.2, 0.25) is 0 Å². The molecule has 1 saturated heterocycles. The van der Waals surface area contributed by atoms with E-state index in [1.165, 1.54) is 40.8 Å². The van der Waals surface area contributed by atoms with Crippen LogP contribution in [0.15, 0.2) is 18.2 Å². The van der Waals surface area contributed by atoms with Crippen molar-refractivity contribution in [3.63, 3.8) is 0 Å². The molecule has 1 aliphatic heterocycles. The van der Waals surface area contributed by atoms with Gasteiger partial charge in [0.15, 0.2) is 0 Å². The summed E-state index contributed by atoms with van der Waals surface area (Å²) in [5.41, 5.74) is 3.66. The van der Waals surface area contributed by atoms with Crippen molar-refractivity contribution in [2.45, 2.75) is 19.8 Å². The molecule has 0 bridgehead atoms. The van der Waals surface area contributed by atoms with Crippen molar-refractivity contribution in [2.75, 3.05) is 18.0 Å². The maximum Gasteiger partial charge on any atom is 0.0406 e. The van der Waals surface area contributed by atoms with Crippen LogP contribution < -0.4 is 4.90 Å². The summed E-state index contributed by atoms with van der Waals surface area (Å²) in [5, 5.41) is 0. The smallest absolute Gasteiger partial charge is 0.0406 e. The normalized spacial score (nSPS) is 22.3. The molecular weight excluding hydrogens is 285 g/mol. The molecule has 1 nitrogen and oxygen atoms in total. The van der Waals surface area contributed by atoms with Crippen LogP contribution in [-0.4, -0.2) is 13.1 Å². The number of rotatable bonds is 1. The molecule has 0 aromatic heterocycles. The van der Waals surface area contributed by atoms with E-state index < -0.39 is 0 Å². The molecule has 2 aliphatic rings. The predicted molar refractivity (Wildman–Crippen MR) is 67.8 cm³/mol. The number of nitrogens with zero attached hydrogens (tertiary/aromatic N) is 1. The van der Waals surface area contributed by atoms with E-state index in [0.717, 1.165) is 5.41 Å². The van der Waals surface area contributed by atoms with E-state index >= 15 is 0 Å². The fourth-order valence-electron chi connectivity index (χ4n) is 2.37. The first-order valence-corrected chi connectivity index (χ1v) is 6.28. The highest BCUT2D eigenvalue weighted by atomic mass is 127. The highest BCUT2D eigenvalue weighted by Gasteiger charge is 2.52. The Morgan fingerprint density at radius 1 is 1.29 bits per heavy atom. The van der Waals surface area contributed by atoms with Crippen LogP contribution in [0.4, 0.5) is 5.69 Å². The van der Waals surface area contributed by atoms with Crippen molar-refractivity contribution in [3.8, 4) is 0 Å². The fraction of sp³-hybridized carbons (Fsp3) is 0.500. The lowest BCUT2D eigenvalue weighted by molar-refractivity contribution is 0.387. The van der Waals surface area contributed by atoms with Crippen molar-refractivity contribution in [1.29, 1.82) is 0 Å². The molecule has 74 valence electrons. The summed E-state index contributed by atoms with van der Waals surface area (Å²) < 4.78 is 1.39. The molecule has 1 heterocycles. The average molecular weight is 299 g/mol. The van der Waals surface area contributed by atoms with Gasteiger partial charge in [0.1, 0.15) is 0 Å². The molecule has 1 saturated carbocycles. The maximum absolute atomic E-state index is 2.53. The third-order valence-electron chi connectivity index (χ3n) is 3.59. The van der Waals surface area contributed by atoms with Crippen LogP contribution in [0.25, 0.3) is 0 Å². The minimum Gasteiger partial charge on any atom is -0.370 e. The Balaban J connectivity index is 1.86. The zero-order valence-corrected chi connectivity index (χ0v) is 10.5. The van der Waals surface area contributed by atoms with E-state index in [2.05, 4.69) is 52.6 Å². The monoisotopic (exact) mass is 299 g/mol. The zero-order chi connectivity index (χ0) is 9.76. The summed E-state index contributed by atoms with van der Waals surface area (Å²) in [6, 6.07) is 6.61. The second kappa shape index (κ2) is 2.87. The molecular formula is C12H14IN. The molecule has 1 spiro atoms. The molecule has 0 atom stereocenters. The van der Waals surface area contributed by atoms with Crippen LogP contribution >= 0.6 is 22.6 Å². The second-order valence-electron chi connectivity index (χ2n) is 4.74. The van der Waals surface area contributed by atoms with Crippen molar-refractivity contribution in [3.05, 3.63) is 27.3 Å². The number of benzene rings is 1. The Morgan fingerprint density at radius 3 is 2.64 bits per heavy atom. The SMILES string of the molecule is Cc1c(I)cccc1N1CC2(CC2)C1. The van der Waals surface area contributed by atoms with Crippen LogP contribution in [0, 0.1) is 15.9 Å². The van der Waals surface area contributed by atoms with Gasteiger partial charge >= 0.3 is 0 Å². The first-order chi connectivity index (χ1) is 6.70. The lowest BCUT2D eigenvalue weighted by Gasteiger charge is -2.42. The van der Waals surface area contributed by atoms with Crippen molar-refractivity contribution >= 4 is 28.3 Å². The number of anilines is 1. The topological polar surface area (TPSA) is 3.24 Å². The van der Waals surface area contributed by atoms with Crippen LogP contribution in [-0.2, 0) is 0 Å². The standard InChI is InChI=1S/C12H14IN/c1-9-10(13)3-2-4-11(9)14-7-12(8-14)5-6-12/h2-4H,5-8H2,1H3. The molecule has 2 heteroatoms. The molecule has 0 unspecified atom stereocenters. The van der Waals surface area contributed by atoms with Gasteiger partial charge in [0.05, 0.1) is 0 Å². The highest BCUT2D eigenvalue weighted by Crippen LogP contribution is 2.54. The van der Waals surface area contributed by atoms with Crippen molar-refractivity contribution in [2.24, 2.45) is 5.41 Å². The third-order valence-corrected chi connectivity index (χ3v) is 4.76. The minimum atomic E-state index is 0.758. The lowest BCUT2D eigenvalue weighted by Crippen LogP contribution is -2.48. The third kappa shape index (κ3) is 1.27. The average Bonchev–Trinajstić information content (AvgIpc) is 2.87. The van der Waals surface area contributed by atoms with Gasteiger partial charge in [-0.25, -0.2) is 0 Å². The molecule has 1 aromatic carbocycles. The summed E-state index contributed by atoms with van der Waals surface area (Å²) in [7, 11) is 0. The fourth-order valence-corrected chi connectivity index (χ4v) is 2.85. The molecule has 1 aromatic rings. The van der Waals surface area contributed by atoms with E-state index in [9.17, 15) is 0 Å². The lowest BCUT2D eigenvalue weighted by atomic mass is 9.95. The van der Waals surface area contributed by atoms with Gasteiger partial charge in [0.25, 0.3) is 0 Å². The number of hydrogen-bond donors (Lipinski definition) is 0. The van der Waals surface area contributed by atoms with Gasteiger partial charge in [-0.15, -0.1) is 0 Å². The summed E-state index contributed by atoms with van der Waals surface area (Å²) in [4.78, 5) is 2.53. The van der Waals surface area contributed by atoms with Crippen molar-refractivity contribution in [1.82, 2.24) is 0 Å². The zero-order valence-electron chi connectivity index (χ0n) is 8.39. The molecule has 0 amide bonds. The predicted octanol–water partition coefficient (Wildman–Crippen LogP) is 3.20. The largest absolute Gasteiger partial charge is 0.370 e. The van der Waals surface area contributed by atoms with Crippen LogP contribution in [0.2, 0.25) is 0 Å². The molecule has 0 N–H and O–H groups in total. The van der Waals surface area contributed by atoms with Crippen LogP contribution in [0.1, 0.15) is 18.4 Å². The Labute approximate surface area is 98.6 Å². The van der Waals surface area contributed by atoms with Crippen LogP contribution in [0.5, 0.6) is 0 Å². The first-order valence-electron chi connectivity index (χ1n) is 5.20. The quantitative estimate of drug-likeness (QED) is 0.720. The van der Waals surface area contributed by atoms with Gasteiger partial charge in [-0.05, 0) is 60.1 Å². The van der Waals surface area contributed by atoms with E-state index in [0.29, 0.717) is 0 Å². The first kappa shape index (κ1) is 9.01. The van der Waals surface area contributed by atoms with Gasteiger partial charge in [-0.1, -0.05) is 6.07 Å². The molecule has 14 heavy (non-hydrogen) atoms. The highest BCUT2D eigenvalue weighted by molar-refractivity contribution is 14.1. The Bertz CT molecular complexity index is 374. The van der Waals surface area contributed by atoms with E-state index in [-0.39, 0.29) is 0 Å². The summed E-state index contributed by atoms with van der Waals surface area (Å²) in [5.74, 6) is 0. The Kier molecular flexibility index (Phi) is 1.85. The Morgan fingerprint density at radius 2 is 2.00 bits per heavy atom. The number of halogens is 1. The van der Waals surface area contributed by atoms with Gasteiger partial charge in [-0.3, -0.25) is 0 Å². The maximum atomic E-state index is 2.53. The number of hydrogen-bond acceptors (Lipinski definition) is 1. The summed E-state index contributed by atoms with van der Waals surface area (Å²) >= 11 is 2.42. The molecule has 2 fully saturated rings. The molecule has 1 aliphatic carbocycles. The minimum absolute atomic E-state index is 0.758. The van der Waals surface area contributed by atoms with E-state index in [4.69, 9.17) is 0 Å². The van der Waals surface area contributed by atoms with Gasteiger partial charge < -0.3 is 4.90 Å². The summed E-state index contributed by atoms with van der Waals surface area (Å²) in [6.07, 6.45) is 2.93. The van der Waals surface area contributed by atoms with Gasteiger partial charge in [0, 0.05) is 27.8 Å². The second-order valence-corrected chi connectivity index (χ2v) is 5.90. The Hall–Kier alpha value is -0.250. The van der Waals surface area contributed by atoms with E-state index in [1.807, 2.05) is 0 Å².